The summed E-state index contributed by atoms with van der Waals surface area (Å²) in [6, 6.07) is 17.1. The highest BCUT2D eigenvalue weighted by Gasteiger charge is 2.15. The molecule has 0 saturated heterocycles. The smallest absolute Gasteiger partial charge is 0.0984 e. The minimum absolute atomic E-state index is 0.779. The molecule has 0 aliphatic carbocycles. The van der Waals surface area contributed by atoms with E-state index in [0.29, 0.717) is 0 Å². The van der Waals surface area contributed by atoms with Crippen molar-refractivity contribution < 1.29 is 0 Å². The molecule has 2 heteroatoms. The number of rotatable bonds is 0. The summed E-state index contributed by atoms with van der Waals surface area (Å²) < 4.78 is 0. The molecule has 1 aliphatic heterocycles. The quantitative estimate of drug-likeness (QED) is 0.677. The summed E-state index contributed by atoms with van der Waals surface area (Å²) >= 11 is 1.72. The molecule has 84 valence electrons. The zero-order chi connectivity index (χ0) is 11.7. The molecule has 0 unspecified atom stereocenters. The summed E-state index contributed by atoms with van der Waals surface area (Å²) in [5.41, 5.74) is 5.18. The topological polar surface area (TPSA) is 12.4 Å². The maximum atomic E-state index is 4.70. The van der Waals surface area contributed by atoms with E-state index in [1.54, 1.807) is 11.8 Å². The lowest BCUT2D eigenvalue weighted by Gasteiger charge is -2.09. The molecule has 3 rings (SSSR count). The largest absolute Gasteiger partial charge is 0.273 e. The Labute approximate surface area is 106 Å². The third-order valence-electron chi connectivity index (χ3n) is 3.05. The lowest BCUT2D eigenvalue weighted by atomic mass is 9.97. The molecule has 17 heavy (non-hydrogen) atoms. The van der Waals surface area contributed by atoms with Crippen LogP contribution >= 0.6 is 11.8 Å². The van der Waals surface area contributed by atoms with Crippen molar-refractivity contribution in [3.05, 3.63) is 59.7 Å². The van der Waals surface area contributed by atoms with Gasteiger partial charge in [0.2, 0.25) is 0 Å². The summed E-state index contributed by atoms with van der Waals surface area (Å²) in [5, 5.41) is 1.14. The molecule has 0 radical (unpaired) electrons. The van der Waals surface area contributed by atoms with Crippen molar-refractivity contribution >= 4 is 16.8 Å². The van der Waals surface area contributed by atoms with Gasteiger partial charge in [-0.15, -0.1) is 11.8 Å². The van der Waals surface area contributed by atoms with Crippen LogP contribution in [-0.2, 0) is 6.54 Å². The molecule has 2 aromatic carbocycles. The van der Waals surface area contributed by atoms with Gasteiger partial charge in [0.15, 0.2) is 0 Å². The van der Waals surface area contributed by atoms with Gasteiger partial charge in [0, 0.05) is 5.56 Å². The number of benzene rings is 2. The van der Waals surface area contributed by atoms with E-state index in [0.717, 1.165) is 11.6 Å². The Morgan fingerprint density at radius 2 is 1.53 bits per heavy atom. The van der Waals surface area contributed by atoms with Gasteiger partial charge in [-0.2, -0.15) is 0 Å². The summed E-state index contributed by atoms with van der Waals surface area (Å²) in [4.78, 5) is 4.70. The molecule has 1 nitrogen and oxygen atoms in total. The molecular formula is C15H13NS. The highest BCUT2D eigenvalue weighted by Crippen LogP contribution is 2.32. The van der Waals surface area contributed by atoms with Gasteiger partial charge in [-0.3, -0.25) is 4.99 Å². The minimum atomic E-state index is 0.779. The molecule has 0 atom stereocenters. The Balaban J connectivity index is 2.30. The number of nitrogens with zero attached hydrogens (tertiary/aromatic N) is 1. The van der Waals surface area contributed by atoms with Crippen LogP contribution in [0.1, 0.15) is 11.1 Å². The summed E-state index contributed by atoms with van der Waals surface area (Å²) in [5.74, 6) is 0. The van der Waals surface area contributed by atoms with E-state index in [2.05, 4.69) is 54.8 Å². The van der Waals surface area contributed by atoms with Crippen molar-refractivity contribution in [2.75, 3.05) is 6.26 Å². The lowest BCUT2D eigenvalue weighted by Crippen LogP contribution is -1.95. The van der Waals surface area contributed by atoms with Crippen molar-refractivity contribution in [3.8, 4) is 11.1 Å². The molecule has 0 spiro atoms. The number of aliphatic imine (C=N–C) groups is 1. The molecule has 2 aromatic rings. The molecule has 0 fully saturated rings. The minimum Gasteiger partial charge on any atom is -0.273 e. The van der Waals surface area contributed by atoms with Gasteiger partial charge in [0.1, 0.15) is 0 Å². The first-order chi connectivity index (χ1) is 8.40. The van der Waals surface area contributed by atoms with E-state index in [9.17, 15) is 0 Å². The fourth-order valence-corrected chi connectivity index (χ4v) is 2.83. The van der Waals surface area contributed by atoms with E-state index in [1.165, 1.54) is 22.3 Å². The van der Waals surface area contributed by atoms with Crippen LogP contribution in [0.5, 0.6) is 0 Å². The van der Waals surface area contributed by atoms with E-state index >= 15 is 0 Å². The zero-order valence-electron chi connectivity index (χ0n) is 9.68. The molecule has 1 heterocycles. The Morgan fingerprint density at radius 3 is 2.29 bits per heavy atom. The highest BCUT2D eigenvalue weighted by atomic mass is 32.2. The summed E-state index contributed by atoms with van der Waals surface area (Å²) in [6.07, 6.45) is 2.09. The van der Waals surface area contributed by atoms with Crippen molar-refractivity contribution in [2.45, 2.75) is 6.54 Å². The fraction of sp³-hybridized carbons (Fsp3) is 0.133. The number of hydrogen-bond acceptors (Lipinski definition) is 2. The van der Waals surface area contributed by atoms with E-state index in [1.807, 2.05) is 0 Å². The molecule has 0 N–H and O–H groups in total. The molecular weight excluding hydrogens is 226 g/mol. The molecule has 0 aromatic heterocycles. The maximum Gasteiger partial charge on any atom is 0.0984 e. The lowest BCUT2D eigenvalue weighted by molar-refractivity contribution is 1.08. The third kappa shape index (κ3) is 1.79. The van der Waals surface area contributed by atoms with Gasteiger partial charge >= 0.3 is 0 Å². The Morgan fingerprint density at radius 1 is 0.882 bits per heavy atom. The maximum absolute atomic E-state index is 4.70. The average molecular weight is 239 g/mol. The molecule has 0 bridgehead atoms. The monoisotopic (exact) mass is 239 g/mol. The highest BCUT2D eigenvalue weighted by molar-refractivity contribution is 8.13. The Hall–Kier alpha value is -1.54. The van der Waals surface area contributed by atoms with Crippen LogP contribution in [0.4, 0.5) is 0 Å². The van der Waals surface area contributed by atoms with Gasteiger partial charge in [-0.25, -0.2) is 0 Å². The number of hydrogen-bond donors (Lipinski definition) is 0. The second-order valence-corrected chi connectivity index (χ2v) is 4.82. The number of thioether (sulfide) groups is 1. The van der Waals surface area contributed by atoms with Crippen LogP contribution in [0.25, 0.3) is 11.1 Å². The summed E-state index contributed by atoms with van der Waals surface area (Å²) in [7, 11) is 0. The first-order valence-corrected chi connectivity index (χ1v) is 6.89. The first-order valence-electron chi connectivity index (χ1n) is 5.66. The van der Waals surface area contributed by atoms with Crippen molar-refractivity contribution in [1.82, 2.24) is 0 Å². The predicted molar refractivity (Wildman–Crippen MR) is 75.6 cm³/mol. The van der Waals surface area contributed by atoms with Crippen molar-refractivity contribution in [3.63, 3.8) is 0 Å². The van der Waals surface area contributed by atoms with Gasteiger partial charge in [-0.05, 0) is 22.9 Å². The fourth-order valence-electron chi connectivity index (χ4n) is 2.24. The van der Waals surface area contributed by atoms with Gasteiger partial charge in [-0.1, -0.05) is 48.5 Å². The standard InChI is InChI=1S/C15H13NS/c1-17-15-14-9-5-4-8-13(14)12-7-3-2-6-11(12)10-16-15/h2-9H,10H2,1H3. The van der Waals surface area contributed by atoms with Crippen molar-refractivity contribution in [2.24, 2.45) is 4.99 Å². The SMILES string of the molecule is CSC1=NCc2ccccc2-c2ccccc21. The number of fused-ring (bicyclic) bond motifs is 3. The zero-order valence-corrected chi connectivity index (χ0v) is 10.5. The third-order valence-corrected chi connectivity index (χ3v) is 3.79. The van der Waals surface area contributed by atoms with Gasteiger partial charge < -0.3 is 0 Å². The molecule has 0 amide bonds. The van der Waals surface area contributed by atoms with Crippen LogP contribution in [0.3, 0.4) is 0 Å². The Kier molecular flexibility index (Phi) is 2.73. The summed E-state index contributed by atoms with van der Waals surface area (Å²) in [6.45, 7) is 0.779. The second kappa shape index (κ2) is 4.38. The van der Waals surface area contributed by atoms with Crippen molar-refractivity contribution in [1.29, 1.82) is 0 Å². The van der Waals surface area contributed by atoms with Gasteiger partial charge in [0.05, 0.1) is 11.6 Å². The Bertz CT molecular complexity index is 587. The van der Waals surface area contributed by atoms with Crippen LogP contribution in [-0.4, -0.2) is 11.3 Å². The van der Waals surface area contributed by atoms with Crippen LogP contribution in [0, 0.1) is 0 Å². The van der Waals surface area contributed by atoms with Crippen LogP contribution in [0.15, 0.2) is 53.5 Å². The van der Waals surface area contributed by atoms with Crippen LogP contribution in [0.2, 0.25) is 0 Å². The van der Waals surface area contributed by atoms with E-state index in [4.69, 9.17) is 4.99 Å². The normalized spacial score (nSPS) is 13.4. The molecule has 1 aliphatic rings. The second-order valence-electron chi connectivity index (χ2n) is 4.03. The van der Waals surface area contributed by atoms with Gasteiger partial charge in [0.25, 0.3) is 0 Å². The molecule has 0 saturated carbocycles. The predicted octanol–water partition coefficient (Wildman–Crippen LogP) is 3.98. The average Bonchev–Trinajstić information content (AvgIpc) is 2.56. The van der Waals surface area contributed by atoms with Crippen LogP contribution < -0.4 is 0 Å². The first kappa shape index (κ1) is 10.6. The van der Waals surface area contributed by atoms with E-state index < -0.39 is 0 Å². The van der Waals surface area contributed by atoms with E-state index in [-0.39, 0.29) is 0 Å².